The molecular formula is C14H27N3O6. The maximum absolute atomic E-state index is 12.2. The van der Waals surface area contributed by atoms with Crippen LogP contribution >= 0.6 is 0 Å². The summed E-state index contributed by atoms with van der Waals surface area (Å²) in [6.45, 7) is 5.99. The maximum Gasteiger partial charge on any atom is 0.305 e. The van der Waals surface area contributed by atoms with E-state index in [1.807, 2.05) is 0 Å². The third-order valence-corrected chi connectivity index (χ3v) is 3.27. The number of hydrogen-bond donors (Lipinski definition) is 6. The summed E-state index contributed by atoms with van der Waals surface area (Å²) in [6, 6.07) is -3.22. The Morgan fingerprint density at radius 1 is 1.13 bits per heavy atom. The number of nitrogens with two attached hydrogens (primary N) is 1. The van der Waals surface area contributed by atoms with Crippen LogP contribution in [0.1, 0.15) is 34.1 Å². The zero-order valence-electron chi connectivity index (χ0n) is 13.9. The SMILES string of the molecule is CC(C)C(NC(=O)[C@@H](CO)NC(=O)[C@@H](N)CC(=O)O)C(C)(C)O. The van der Waals surface area contributed by atoms with E-state index in [0.717, 1.165) is 0 Å². The lowest BCUT2D eigenvalue weighted by Crippen LogP contribution is -2.59. The zero-order chi connectivity index (χ0) is 18.4. The first-order chi connectivity index (χ1) is 10.4. The van der Waals surface area contributed by atoms with Crippen molar-refractivity contribution in [3.63, 3.8) is 0 Å². The van der Waals surface area contributed by atoms with Gasteiger partial charge in [0.25, 0.3) is 0 Å². The molecule has 0 aromatic heterocycles. The van der Waals surface area contributed by atoms with Gasteiger partial charge in [-0.15, -0.1) is 0 Å². The quantitative estimate of drug-likeness (QED) is 0.289. The fourth-order valence-electron chi connectivity index (χ4n) is 2.17. The van der Waals surface area contributed by atoms with Gasteiger partial charge in [0.2, 0.25) is 11.8 Å². The summed E-state index contributed by atoms with van der Waals surface area (Å²) < 4.78 is 0. The second-order valence-corrected chi connectivity index (χ2v) is 6.33. The molecule has 0 bridgehead atoms. The maximum atomic E-state index is 12.2. The van der Waals surface area contributed by atoms with E-state index in [9.17, 15) is 24.6 Å². The van der Waals surface area contributed by atoms with Gasteiger partial charge in [-0.3, -0.25) is 14.4 Å². The van der Waals surface area contributed by atoms with Gasteiger partial charge in [-0.25, -0.2) is 0 Å². The number of carboxylic acid groups (broad SMARTS) is 1. The van der Waals surface area contributed by atoms with Crippen molar-refractivity contribution < 1.29 is 29.7 Å². The number of hydrogen-bond acceptors (Lipinski definition) is 6. The average molecular weight is 333 g/mol. The molecule has 9 nitrogen and oxygen atoms in total. The number of rotatable bonds is 9. The average Bonchev–Trinajstić information content (AvgIpc) is 2.38. The molecule has 0 aliphatic rings. The number of aliphatic carboxylic acids is 1. The molecular weight excluding hydrogens is 306 g/mol. The minimum absolute atomic E-state index is 0.0942. The van der Waals surface area contributed by atoms with E-state index in [2.05, 4.69) is 10.6 Å². The number of carbonyl (C=O) groups excluding carboxylic acids is 2. The zero-order valence-corrected chi connectivity index (χ0v) is 13.9. The van der Waals surface area contributed by atoms with Crippen molar-refractivity contribution in [1.29, 1.82) is 0 Å². The van der Waals surface area contributed by atoms with Crippen LogP contribution in [0.2, 0.25) is 0 Å². The number of aliphatic hydroxyl groups is 2. The Morgan fingerprint density at radius 3 is 2.00 bits per heavy atom. The third kappa shape index (κ3) is 7.40. The van der Waals surface area contributed by atoms with Crippen LogP contribution in [-0.2, 0) is 14.4 Å². The number of carboxylic acids is 1. The van der Waals surface area contributed by atoms with Gasteiger partial charge < -0.3 is 31.7 Å². The molecule has 0 fully saturated rings. The lowest BCUT2D eigenvalue weighted by molar-refractivity contribution is -0.140. The minimum Gasteiger partial charge on any atom is -0.481 e. The normalized spacial score (nSPS) is 15.7. The molecule has 7 N–H and O–H groups in total. The van der Waals surface area contributed by atoms with Crippen molar-refractivity contribution in [2.75, 3.05) is 6.61 Å². The number of nitrogens with one attached hydrogen (secondary N) is 2. The molecule has 0 saturated heterocycles. The van der Waals surface area contributed by atoms with E-state index >= 15 is 0 Å². The van der Waals surface area contributed by atoms with Gasteiger partial charge in [-0.2, -0.15) is 0 Å². The summed E-state index contributed by atoms with van der Waals surface area (Å²) in [5, 5.41) is 32.7. The molecule has 23 heavy (non-hydrogen) atoms. The first-order valence-electron chi connectivity index (χ1n) is 7.31. The monoisotopic (exact) mass is 333 g/mol. The lowest BCUT2D eigenvalue weighted by Gasteiger charge is -2.34. The van der Waals surface area contributed by atoms with Crippen LogP contribution in [0.25, 0.3) is 0 Å². The van der Waals surface area contributed by atoms with Crippen molar-refractivity contribution in [3.8, 4) is 0 Å². The molecule has 0 heterocycles. The molecule has 0 rings (SSSR count). The summed E-state index contributed by atoms with van der Waals surface area (Å²) >= 11 is 0. The smallest absolute Gasteiger partial charge is 0.305 e. The predicted octanol–water partition coefficient (Wildman–Crippen LogP) is -1.82. The fraction of sp³-hybridized carbons (Fsp3) is 0.786. The van der Waals surface area contributed by atoms with Gasteiger partial charge >= 0.3 is 5.97 Å². The van der Waals surface area contributed by atoms with E-state index in [-0.39, 0.29) is 5.92 Å². The molecule has 0 aliphatic heterocycles. The van der Waals surface area contributed by atoms with Crippen LogP contribution in [0.5, 0.6) is 0 Å². The minimum atomic E-state index is -1.33. The molecule has 134 valence electrons. The van der Waals surface area contributed by atoms with Gasteiger partial charge in [-0.1, -0.05) is 13.8 Å². The van der Waals surface area contributed by atoms with Crippen LogP contribution in [-0.4, -0.2) is 63.4 Å². The first-order valence-corrected chi connectivity index (χ1v) is 7.31. The Balaban J connectivity index is 4.87. The summed E-state index contributed by atoms with van der Waals surface area (Å²) in [7, 11) is 0. The summed E-state index contributed by atoms with van der Waals surface area (Å²) in [4.78, 5) is 34.4. The van der Waals surface area contributed by atoms with Gasteiger partial charge in [0.05, 0.1) is 30.7 Å². The topological polar surface area (TPSA) is 162 Å². The Bertz CT molecular complexity index is 433. The standard InChI is InChI=1S/C14H27N3O6/c1-7(2)11(14(3,4)23)17-13(22)9(6-18)16-12(21)8(15)5-10(19)20/h7-9,11,18,23H,5-6,15H2,1-4H3,(H,16,21)(H,17,22)(H,19,20)/t8-,9+,11?/m0/s1. The lowest BCUT2D eigenvalue weighted by atomic mass is 9.89. The number of carbonyl (C=O) groups is 3. The molecule has 2 amide bonds. The van der Waals surface area contributed by atoms with Crippen molar-refractivity contribution in [2.45, 2.75) is 57.8 Å². The first kappa shape index (κ1) is 21.3. The molecule has 0 saturated carbocycles. The fourth-order valence-corrected chi connectivity index (χ4v) is 2.17. The molecule has 0 aliphatic carbocycles. The Kier molecular flexibility index (Phi) is 8.15. The Morgan fingerprint density at radius 2 is 1.65 bits per heavy atom. The van der Waals surface area contributed by atoms with Crippen molar-refractivity contribution in [3.05, 3.63) is 0 Å². The van der Waals surface area contributed by atoms with E-state index < -0.39 is 54.5 Å². The van der Waals surface area contributed by atoms with E-state index in [1.54, 1.807) is 13.8 Å². The highest BCUT2D eigenvalue weighted by molar-refractivity contribution is 5.91. The highest BCUT2D eigenvalue weighted by Gasteiger charge is 2.33. The van der Waals surface area contributed by atoms with Crippen LogP contribution in [0.3, 0.4) is 0 Å². The van der Waals surface area contributed by atoms with Crippen LogP contribution in [0, 0.1) is 5.92 Å². The van der Waals surface area contributed by atoms with E-state index in [0.29, 0.717) is 0 Å². The largest absolute Gasteiger partial charge is 0.481 e. The summed E-state index contributed by atoms with van der Waals surface area (Å²) in [6.07, 6.45) is -0.593. The number of aliphatic hydroxyl groups excluding tert-OH is 1. The molecule has 0 aromatic carbocycles. The highest BCUT2D eigenvalue weighted by atomic mass is 16.4. The third-order valence-electron chi connectivity index (χ3n) is 3.27. The molecule has 0 radical (unpaired) electrons. The van der Waals surface area contributed by atoms with Crippen molar-refractivity contribution >= 4 is 17.8 Å². The summed E-state index contributed by atoms with van der Waals surface area (Å²) in [5.74, 6) is -2.89. The van der Waals surface area contributed by atoms with Gasteiger partial charge in [0, 0.05) is 0 Å². The van der Waals surface area contributed by atoms with Gasteiger partial charge in [0.15, 0.2) is 0 Å². The van der Waals surface area contributed by atoms with E-state index in [1.165, 1.54) is 13.8 Å². The predicted molar refractivity (Wildman–Crippen MR) is 82.3 cm³/mol. The Labute approximate surface area is 135 Å². The molecule has 9 heteroatoms. The second-order valence-electron chi connectivity index (χ2n) is 6.33. The molecule has 3 atom stereocenters. The van der Waals surface area contributed by atoms with Crippen molar-refractivity contribution in [2.24, 2.45) is 11.7 Å². The van der Waals surface area contributed by atoms with Gasteiger partial charge in [-0.05, 0) is 19.8 Å². The molecule has 0 spiro atoms. The molecule has 0 aromatic rings. The van der Waals surface area contributed by atoms with Crippen molar-refractivity contribution in [1.82, 2.24) is 10.6 Å². The van der Waals surface area contributed by atoms with Crippen LogP contribution < -0.4 is 16.4 Å². The highest BCUT2D eigenvalue weighted by Crippen LogP contribution is 2.16. The van der Waals surface area contributed by atoms with E-state index in [4.69, 9.17) is 10.8 Å². The number of amides is 2. The van der Waals surface area contributed by atoms with Gasteiger partial charge in [0.1, 0.15) is 6.04 Å². The van der Waals surface area contributed by atoms with Crippen LogP contribution in [0.4, 0.5) is 0 Å². The Hall–Kier alpha value is -1.71. The second kappa shape index (κ2) is 8.80. The molecule has 1 unspecified atom stereocenters. The van der Waals surface area contributed by atoms with Crippen LogP contribution in [0.15, 0.2) is 0 Å². The summed E-state index contributed by atoms with van der Waals surface area (Å²) in [5.41, 5.74) is 4.19.